The largest absolute Gasteiger partial charge is 0.478 e. The predicted molar refractivity (Wildman–Crippen MR) is 82.8 cm³/mol. The number of carbonyl (C=O) groups excluding carboxylic acids is 1. The molecule has 2 aromatic rings. The third kappa shape index (κ3) is 3.67. The monoisotopic (exact) mass is 343 g/mol. The maximum atomic E-state index is 12.1. The van der Waals surface area contributed by atoms with Crippen LogP contribution in [-0.2, 0) is 0 Å². The van der Waals surface area contributed by atoms with E-state index in [2.05, 4.69) is 5.32 Å². The molecule has 0 radical (unpaired) electrons. The fourth-order valence-corrected chi connectivity index (χ4v) is 2.28. The van der Waals surface area contributed by atoms with Crippen molar-refractivity contribution in [1.29, 1.82) is 0 Å². The SMILES string of the molecule is O=C(O)c1ccc(Cl)c(NC(=O)c2ccc(Cl)cc2Cl)c1. The van der Waals surface area contributed by atoms with Crippen LogP contribution in [0.3, 0.4) is 0 Å². The summed E-state index contributed by atoms with van der Waals surface area (Å²) in [5.41, 5.74) is 0.405. The van der Waals surface area contributed by atoms with Crippen LogP contribution < -0.4 is 5.32 Å². The van der Waals surface area contributed by atoms with Crippen LogP contribution in [0.1, 0.15) is 20.7 Å². The van der Waals surface area contributed by atoms with Gasteiger partial charge in [-0.1, -0.05) is 34.8 Å². The number of carboxylic acid groups (broad SMARTS) is 1. The van der Waals surface area contributed by atoms with Crippen LogP contribution in [0.2, 0.25) is 15.1 Å². The number of halogens is 3. The van der Waals surface area contributed by atoms with E-state index >= 15 is 0 Å². The first-order valence-corrected chi connectivity index (χ1v) is 6.81. The molecular formula is C14H8Cl3NO3. The number of carboxylic acids is 1. The van der Waals surface area contributed by atoms with Crippen molar-refractivity contribution in [3.63, 3.8) is 0 Å². The molecule has 0 atom stereocenters. The van der Waals surface area contributed by atoms with E-state index in [9.17, 15) is 9.59 Å². The molecule has 0 spiro atoms. The van der Waals surface area contributed by atoms with E-state index < -0.39 is 11.9 Å². The number of carbonyl (C=O) groups is 2. The van der Waals surface area contributed by atoms with Crippen LogP contribution in [0.4, 0.5) is 5.69 Å². The summed E-state index contributed by atoms with van der Waals surface area (Å²) in [7, 11) is 0. The van der Waals surface area contributed by atoms with Crippen molar-refractivity contribution >= 4 is 52.4 Å². The maximum Gasteiger partial charge on any atom is 0.335 e. The van der Waals surface area contributed by atoms with Crippen molar-refractivity contribution in [2.24, 2.45) is 0 Å². The van der Waals surface area contributed by atoms with Crippen LogP contribution in [0.25, 0.3) is 0 Å². The predicted octanol–water partition coefficient (Wildman–Crippen LogP) is 4.60. The van der Waals surface area contributed by atoms with E-state index in [0.717, 1.165) is 0 Å². The summed E-state index contributed by atoms with van der Waals surface area (Å²) in [4.78, 5) is 23.1. The molecule has 0 aliphatic rings. The molecule has 0 unspecified atom stereocenters. The molecule has 0 fully saturated rings. The number of aromatic carboxylic acids is 1. The Hall–Kier alpha value is -1.75. The second-order valence-corrected chi connectivity index (χ2v) is 5.33. The molecule has 0 aliphatic carbocycles. The average molecular weight is 345 g/mol. The molecule has 2 rings (SSSR count). The zero-order valence-electron chi connectivity index (χ0n) is 10.4. The van der Waals surface area contributed by atoms with Gasteiger partial charge in [-0.3, -0.25) is 4.79 Å². The number of hydrogen-bond acceptors (Lipinski definition) is 2. The number of hydrogen-bond donors (Lipinski definition) is 2. The lowest BCUT2D eigenvalue weighted by Crippen LogP contribution is -2.13. The highest BCUT2D eigenvalue weighted by atomic mass is 35.5. The molecule has 0 bridgehead atoms. The van der Waals surface area contributed by atoms with Gasteiger partial charge in [-0.05, 0) is 36.4 Å². The second kappa shape index (κ2) is 6.35. The Labute approximate surface area is 135 Å². The number of benzene rings is 2. The average Bonchev–Trinajstić information content (AvgIpc) is 2.40. The Morgan fingerprint density at radius 1 is 0.952 bits per heavy atom. The first-order chi connectivity index (χ1) is 9.88. The van der Waals surface area contributed by atoms with Crippen molar-refractivity contribution in [1.82, 2.24) is 0 Å². The molecular weight excluding hydrogens is 337 g/mol. The van der Waals surface area contributed by atoms with E-state index in [-0.39, 0.29) is 26.9 Å². The molecule has 0 aliphatic heterocycles. The summed E-state index contributed by atoms with van der Waals surface area (Å²) >= 11 is 17.6. The van der Waals surface area contributed by atoms with Gasteiger partial charge >= 0.3 is 5.97 Å². The van der Waals surface area contributed by atoms with Crippen LogP contribution >= 0.6 is 34.8 Å². The highest BCUT2D eigenvalue weighted by molar-refractivity contribution is 6.37. The van der Waals surface area contributed by atoms with Gasteiger partial charge in [-0.2, -0.15) is 0 Å². The fourth-order valence-electron chi connectivity index (χ4n) is 1.62. The third-order valence-corrected chi connectivity index (χ3v) is 3.51. The Morgan fingerprint density at radius 2 is 1.67 bits per heavy atom. The molecule has 2 N–H and O–H groups in total. The number of amides is 1. The quantitative estimate of drug-likeness (QED) is 0.855. The van der Waals surface area contributed by atoms with E-state index in [1.54, 1.807) is 0 Å². The Morgan fingerprint density at radius 3 is 2.29 bits per heavy atom. The molecule has 2 aromatic carbocycles. The van der Waals surface area contributed by atoms with Gasteiger partial charge in [-0.15, -0.1) is 0 Å². The summed E-state index contributed by atoms with van der Waals surface area (Å²) in [5.74, 6) is -1.63. The van der Waals surface area contributed by atoms with Gasteiger partial charge in [0, 0.05) is 5.02 Å². The van der Waals surface area contributed by atoms with Crippen LogP contribution in [-0.4, -0.2) is 17.0 Å². The van der Waals surface area contributed by atoms with Gasteiger partial charge in [0.25, 0.3) is 5.91 Å². The summed E-state index contributed by atoms with van der Waals surface area (Å²) in [6.45, 7) is 0. The van der Waals surface area contributed by atoms with Crippen LogP contribution in [0.15, 0.2) is 36.4 Å². The highest BCUT2D eigenvalue weighted by Crippen LogP contribution is 2.26. The molecule has 0 saturated heterocycles. The molecule has 21 heavy (non-hydrogen) atoms. The fraction of sp³-hybridized carbons (Fsp3) is 0. The van der Waals surface area contributed by atoms with E-state index in [1.165, 1.54) is 36.4 Å². The molecule has 0 saturated carbocycles. The van der Waals surface area contributed by atoms with E-state index in [4.69, 9.17) is 39.9 Å². The molecule has 0 aromatic heterocycles. The van der Waals surface area contributed by atoms with Gasteiger partial charge < -0.3 is 10.4 Å². The van der Waals surface area contributed by atoms with Crippen molar-refractivity contribution in [2.45, 2.75) is 0 Å². The van der Waals surface area contributed by atoms with Crippen LogP contribution in [0.5, 0.6) is 0 Å². The Kier molecular flexibility index (Phi) is 4.73. The number of anilines is 1. The van der Waals surface area contributed by atoms with Gasteiger partial charge in [0.15, 0.2) is 0 Å². The molecule has 7 heteroatoms. The van der Waals surface area contributed by atoms with Crippen LogP contribution in [0, 0.1) is 0 Å². The molecule has 1 amide bonds. The third-order valence-electron chi connectivity index (χ3n) is 2.64. The molecule has 4 nitrogen and oxygen atoms in total. The lowest BCUT2D eigenvalue weighted by molar-refractivity contribution is 0.0696. The van der Waals surface area contributed by atoms with Gasteiger partial charge in [0.05, 0.1) is 26.9 Å². The summed E-state index contributed by atoms with van der Waals surface area (Å²) in [6, 6.07) is 8.44. The minimum atomic E-state index is -1.12. The maximum absolute atomic E-state index is 12.1. The van der Waals surface area contributed by atoms with Crippen molar-refractivity contribution in [3.8, 4) is 0 Å². The number of nitrogens with one attached hydrogen (secondary N) is 1. The van der Waals surface area contributed by atoms with E-state index in [0.29, 0.717) is 5.02 Å². The van der Waals surface area contributed by atoms with Crippen molar-refractivity contribution < 1.29 is 14.7 Å². The first-order valence-electron chi connectivity index (χ1n) is 5.67. The first kappa shape index (κ1) is 15.6. The zero-order valence-corrected chi connectivity index (χ0v) is 12.6. The summed E-state index contributed by atoms with van der Waals surface area (Å²) in [5, 5.41) is 12.3. The van der Waals surface area contributed by atoms with Crippen molar-refractivity contribution in [2.75, 3.05) is 5.32 Å². The zero-order chi connectivity index (χ0) is 15.6. The lowest BCUT2D eigenvalue weighted by atomic mass is 10.1. The van der Waals surface area contributed by atoms with Gasteiger partial charge in [-0.25, -0.2) is 4.79 Å². The minimum absolute atomic E-state index is 0.0110. The highest BCUT2D eigenvalue weighted by Gasteiger charge is 2.14. The smallest absolute Gasteiger partial charge is 0.335 e. The standard InChI is InChI=1S/C14H8Cl3NO3/c15-8-2-3-9(11(17)6-8)13(19)18-12-5-7(14(20)21)1-4-10(12)16/h1-6H,(H,18,19)(H,20,21). The number of rotatable bonds is 3. The normalized spacial score (nSPS) is 10.2. The Bertz CT molecular complexity index is 731. The topological polar surface area (TPSA) is 66.4 Å². The summed E-state index contributed by atoms with van der Waals surface area (Å²) in [6.07, 6.45) is 0. The second-order valence-electron chi connectivity index (χ2n) is 4.08. The molecule has 0 heterocycles. The van der Waals surface area contributed by atoms with Gasteiger partial charge in [0.1, 0.15) is 0 Å². The lowest BCUT2D eigenvalue weighted by Gasteiger charge is -2.09. The summed E-state index contributed by atoms with van der Waals surface area (Å²) < 4.78 is 0. The van der Waals surface area contributed by atoms with Gasteiger partial charge in [0.2, 0.25) is 0 Å². The van der Waals surface area contributed by atoms with E-state index in [1.807, 2.05) is 0 Å². The van der Waals surface area contributed by atoms with Crippen molar-refractivity contribution in [3.05, 3.63) is 62.6 Å². The molecule has 108 valence electrons. The Balaban J connectivity index is 2.31. The minimum Gasteiger partial charge on any atom is -0.478 e.